The van der Waals surface area contributed by atoms with E-state index in [0.29, 0.717) is 52.0 Å². The smallest absolute Gasteiger partial charge is 0.222 e. The number of hydrogen-bond donors (Lipinski definition) is 0. The summed E-state index contributed by atoms with van der Waals surface area (Å²) in [6.07, 6.45) is 2.95. The third kappa shape index (κ3) is 6.81. The van der Waals surface area contributed by atoms with Gasteiger partial charge in [0.2, 0.25) is 15.9 Å². The zero-order valence-corrected chi connectivity index (χ0v) is 17.7. The lowest BCUT2D eigenvalue weighted by atomic mass is 9.87. The molecule has 0 aromatic heterocycles. The molecule has 0 bridgehead atoms. The first-order valence-corrected chi connectivity index (χ1v) is 11.4. The number of nitrogens with zero attached hydrogens (tertiary/aromatic N) is 2. The second-order valence-corrected chi connectivity index (χ2v) is 10.1. The summed E-state index contributed by atoms with van der Waals surface area (Å²) in [6, 6.07) is 8.09. The molecular weight excluding hydrogens is 364 g/mol. The van der Waals surface area contributed by atoms with Crippen LogP contribution in [0.4, 0.5) is 0 Å². The molecule has 27 heavy (non-hydrogen) atoms. The van der Waals surface area contributed by atoms with Gasteiger partial charge >= 0.3 is 0 Å². The van der Waals surface area contributed by atoms with E-state index < -0.39 is 10.0 Å². The second kappa shape index (κ2) is 9.06. The zero-order chi connectivity index (χ0) is 20.1. The second-order valence-electron chi connectivity index (χ2n) is 8.12. The predicted molar refractivity (Wildman–Crippen MR) is 107 cm³/mol. The van der Waals surface area contributed by atoms with Gasteiger partial charge in [-0.15, -0.1) is 0 Å². The summed E-state index contributed by atoms with van der Waals surface area (Å²) in [4.78, 5) is 14.1. The fourth-order valence-electron chi connectivity index (χ4n) is 3.10. The summed E-state index contributed by atoms with van der Waals surface area (Å²) in [6.45, 7) is 8.94. The highest BCUT2D eigenvalue weighted by atomic mass is 32.2. The fraction of sp³-hybridized carbons (Fsp3) is 0.650. The van der Waals surface area contributed by atoms with Gasteiger partial charge in [0.05, 0.1) is 12.9 Å². The van der Waals surface area contributed by atoms with E-state index in [2.05, 4.69) is 32.9 Å². The fourth-order valence-corrected chi connectivity index (χ4v) is 3.97. The molecule has 0 spiro atoms. The summed E-state index contributed by atoms with van der Waals surface area (Å²) in [5, 5.41) is 0. The van der Waals surface area contributed by atoms with Crippen LogP contribution in [0.25, 0.3) is 0 Å². The van der Waals surface area contributed by atoms with Crippen molar-refractivity contribution in [2.45, 2.75) is 45.4 Å². The average Bonchev–Trinajstić information content (AvgIpc) is 2.84. The number of sulfonamides is 1. The number of ether oxygens (including phenoxy) is 1. The van der Waals surface area contributed by atoms with Crippen molar-refractivity contribution in [1.29, 1.82) is 0 Å². The molecule has 0 radical (unpaired) electrons. The highest BCUT2D eigenvalue weighted by Crippen LogP contribution is 2.24. The Labute approximate surface area is 163 Å². The van der Waals surface area contributed by atoms with E-state index >= 15 is 0 Å². The van der Waals surface area contributed by atoms with Crippen LogP contribution >= 0.6 is 0 Å². The number of hydrogen-bond acceptors (Lipinski definition) is 4. The summed E-state index contributed by atoms with van der Waals surface area (Å²) >= 11 is 0. The van der Waals surface area contributed by atoms with Gasteiger partial charge in [0, 0.05) is 32.6 Å². The molecule has 0 atom stereocenters. The summed E-state index contributed by atoms with van der Waals surface area (Å²) in [5.74, 6) is 0.881. The van der Waals surface area contributed by atoms with E-state index in [-0.39, 0.29) is 11.3 Å². The van der Waals surface area contributed by atoms with Gasteiger partial charge < -0.3 is 9.64 Å². The molecule has 0 N–H and O–H groups in total. The Kier molecular flexibility index (Phi) is 7.28. The third-order valence-corrected chi connectivity index (χ3v) is 6.10. The van der Waals surface area contributed by atoms with E-state index in [4.69, 9.17) is 4.74 Å². The maximum atomic E-state index is 12.4. The van der Waals surface area contributed by atoms with Crippen LogP contribution in [-0.2, 0) is 20.2 Å². The molecule has 6 nitrogen and oxygen atoms in total. The van der Waals surface area contributed by atoms with E-state index in [1.165, 1.54) is 16.1 Å². The Hall–Kier alpha value is -1.60. The number of amides is 1. The Balaban J connectivity index is 1.73. The lowest BCUT2D eigenvalue weighted by Crippen LogP contribution is -2.36. The predicted octanol–water partition coefficient (Wildman–Crippen LogP) is 2.64. The van der Waals surface area contributed by atoms with E-state index in [1.54, 1.807) is 4.90 Å². The Morgan fingerprint density at radius 3 is 2.33 bits per heavy atom. The minimum atomic E-state index is -3.19. The molecule has 2 rings (SSSR count). The molecule has 152 valence electrons. The standard InChI is InChI=1S/C20H32N2O4S/c1-20(2,3)17-8-10-18(11-9-17)26-16-5-7-19(23)21-12-6-13-22(15-14-21)27(4,24)25/h8-11H,5-7,12-16H2,1-4H3. The largest absolute Gasteiger partial charge is 0.494 e. The molecule has 1 aromatic carbocycles. The molecule has 1 amide bonds. The molecule has 1 aliphatic rings. The van der Waals surface area contributed by atoms with Gasteiger partial charge in [-0.05, 0) is 36.0 Å². The van der Waals surface area contributed by atoms with Crippen LogP contribution in [0.15, 0.2) is 24.3 Å². The van der Waals surface area contributed by atoms with Crippen molar-refractivity contribution in [1.82, 2.24) is 9.21 Å². The van der Waals surface area contributed by atoms with E-state index in [9.17, 15) is 13.2 Å². The van der Waals surface area contributed by atoms with Gasteiger partial charge in [-0.1, -0.05) is 32.9 Å². The van der Waals surface area contributed by atoms with Crippen LogP contribution in [0.2, 0.25) is 0 Å². The molecular formula is C20H32N2O4S. The molecule has 1 aromatic rings. The Morgan fingerprint density at radius 2 is 1.74 bits per heavy atom. The van der Waals surface area contributed by atoms with Gasteiger partial charge in [-0.2, -0.15) is 0 Å². The van der Waals surface area contributed by atoms with Crippen molar-refractivity contribution in [2.75, 3.05) is 39.0 Å². The minimum absolute atomic E-state index is 0.0667. The van der Waals surface area contributed by atoms with Crippen molar-refractivity contribution in [3.8, 4) is 5.75 Å². The number of carbonyl (C=O) groups is 1. The van der Waals surface area contributed by atoms with E-state index in [1.807, 2.05) is 12.1 Å². The highest BCUT2D eigenvalue weighted by Gasteiger charge is 2.23. The third-order valence-electron chi connectivity index (χ3n) is 4.80. The van der Waals surface area contributed by atoms with Crippen LogP contribution in [-0.4, -0.2) is 62.6 Å². The van der Waals surface area contributed by atoms with Crippen LogP contribution in [0.1, 0.15) is 45.6 Å². The monoisotopic (exact) mass is 396 g/mol. The van der Waals surface area contributed by atoms with Gasteiger partial charge in [-0.25, -0.2) is 12.7 Å². The van der Waals surface area contributed by atoms with Crippen molar-refractivity contribution in [3.05, 3.63) is 29.8 Å². The van der Waals surface area contributed by atoms with Crippen molar-refractivity contribution in [3.63, 3.8) is 0 Å². The van der Waals surface area contributed by atoms with Gasteiger partial charge in [0.25, 0.3) is 0 Å². The number of rotatable bonds is 6. The summed E-state index contributed by atoms with van der Waals surface area (Å²) < 4.78 is 30.5. The first-order chi connectivity index (χ1) is 12.6. The van der Waals surface area contributed by atoms with Gasteiger partial charge in [0.1, 0.15) is 5.75 Å². The van der Waals surface area contributed by atoms with E-state index in [0.717, 1.165) is 5.75 Å². The number of carbonyl (C=O) groups excluding carboxylic acids is 1. The van der Waals surface area contributed by atoms with Crippen molar-refractivity contribution in [2.24, 2.45) is 0 Å². The zero-order valence-electron chi connectivity index (χ0n) is 16.9. The van der Waals surface area contributed by atoms with Gasteiger partial charge in [-0.3, -0.25) is 4.79 Å². The summed E-state index contributed by atoms with van der Waals surface area (Å²) in [7, 11) is -3.19. The first-order valence-electron chi connectivity index (χ1n) is 9.53. The first kappa shape index (κ1) is 21.7. The minimum Gasteiger partial charge on any atom is -0.494 e. The molecule has 7 heteroatoms. The normalized spacial score (nSPS) is 16.8. The van der Waals surface area contributed by atoms with Gasteiger partial charge in [0.15, 0.2) is 0 Å². The molecule has 0 unspecified atom stereocenters. The molecule has 0 aliphatic carbocycles. The summed E-state index contributed by atoms with van der Waals surface area (Å²) in [5.41, 5.74) is 1.37. The van der Waals surface area contributed by atoms with Crippen molar-refractivity contribution < 1.29 is 17.9 Å². The SMILES string of the molecule is CC(C)(C)c1ccc(OCCCC(=O)N2CCCN(S(C)(=O)=O)CC2)cc1. The van der Waals surface area contributed by atoms with Crippen LogP contribution in [0.5, 0.6) is 5.75 Å². The molecule has 0 saturated carbocycles. The lowest BCUT2D eigenvalue weighted by molar-refractivity contribution is -0.131. The number of benzene rings is 1. The van der Waals surface area contributed by atoms with Crippen LogP contribution < -0.4 is 4.74 Å². The Morgan fingerprint density at radius 1 is 1.07 bits per heavy atom. The van der Waals surface area contributed by atoms with Crippen LogP contribution in [0, 0.1) is 0 Å². The molecule has 1 aliphatic heterocycles. The lowest BCUT2D eigenvalue weighted by Gasteiger charge is -2.21. The van der Waals surface area contributed by atoms with Crippen molar-refractivity contribution >= 4 is 15.9 Å². The highest BCUT2D eigenvalue weighted by molar-refractivity contribution is 7.88. The average molecular weight is 397 g/mol. The Bertz CT molecular complexity index is 723. The molecule has 1 saturated heterocycles. The molecule has 1 heterocycles. The quantitative estimate of drug-likeness (QED) is 0.694. The maximum absolute atomic E-state index is 12.4. The molecule has 1 fully saturated rings. The maximum Gasteiger partial charge on any atom is 0.222 e. The van der Waals surface area contributed by atoms with Crippen LogP contribution in [0.3, 0.4) is 0 Å². The topological polar surface area (TPSA) is 66.9 Å².